The molecule has 0 bridgehead atoms. The number of benzene rings is 1. The molecule has 0 unspecified atom stereocenters. The molecule has 1 aromatic carbocycles. The van der Waals surface area contributed by atoms with Gasteiger partial charge in [0.15, 0.2) is 0 Å². The monoisotopic (exact) mass is 432 g/mol. The summed E-state index contributed by atoms with van der Waals surface area (Å²) in [6, 6.07) is 7.67. The maximum atomic E-state index is 10.7. The van der Waals surface area contributed by atoms with Crippen molar-refractivity contribution in [3.8, 4) is 5.75 Å². The van der Waals surface area contributed by atoms with E-state index in [-0.39, 0.29) is 5.97 Å². The third-order valence-electron chi connectivity index (χ3n) is 5.45. The topological polar surface area (TPSA) is 46.5 Å². The summed E-state index contributed by atoms with van der Waals surface area (Å²) in [5, 5.41) is 9.58. The van der Waals surface area contributed by atoms with E-state index in [4.69, 9.17) is 4.74 Å². The van der Waals surface area contributed by atoms with Crippen LogP contribution in [0.3, 0.4) is 0 Å². The molecule has 0 aromatic heterocycles. The highest BCUT2D eigenvalue weighted by molar-refractivity contribution is 5.81. The highest BCUT2D eigenvalue weighted by atomic mass is 16.5. The molecular weight excluding hydrogens is 384 g/mol. The number of unbranched alkanes of at least 4 members (excludes halogenated alkanes) is 13. The third-order valence-corrected chi connectivity index (χ3v) is 5.45. The molecule has 3 nitrogen and oxygen atoms in total. The Morgan fingerprint density at radius 2 is 1.29 bits per heavy atom. The Balaban J connectivity index is 0.000000582. The molecule has 0 saturated carbocycles. The minimum absolute atomic E-state index is 0.307. The predicted molar refractivity (Wildman–Crippen MR) is 134 cm³/mol. The number of phenolic OH excluding ortho intramolecular Hbond substituents is 1. The zero-order valence-corrected chi connectivity index (χ0v) is 20.4. The molecule has 0 fully saturated rings. The van der Waals surface area contributed by atoms with E-state index in [1.807, 2.05) is 18.2 Å². The van der Waals surface area contributed by atoms with Gasteiger partial charge in [-0.15, -0.1) is 0 Å². The number of para-hydroxylation sites is 1. The van der Waals surface area contributed by atoms with Crippen molar-refractivity contribution in [2.75, 3.05) is 6.61 Å². The number of carbonyl (C=O) groups is 1. The Labute approximate surface area is 192 Å². The summed E-state index contributed by atoms with van der Waals surface area (Å²) < 4.78 is 4.88. The first-order chi connectivity index (χ1) is 15.2. The summed E-state index contributed by atoms with van der Waals surface area (Å²) in [6.45, 7) is 8.36. The third kappa shape index (κ3) is 19.9. The second-order valence-corrected chi connectivity index (χ2v) is 8.35. The summed E-state index contributed by atoms with van der Waals surface area (Å²) in [5.74, 6) is 0.145. The molecule has 0 aliphatic rings. The quantitative estimate of drug-likeness (QED) is 0.144. The fourth-order valence-electron chi connectivity index (χ4n) is 3.46. The van der Waals surface area contributed by atoms with E-state index in [0.29, 0.717) is 12.4 Å². The van der Waals surface area contributed by atoms with Crippen LogP contribution in [0, 0.1) is 0 Å². The zero-order chi connectivity index (χ0) is 23.0. The number of esters is 1. The van der Waals surface area contributed by atoms with E-state index in [1.165, 1.54) is 89.5 Å². The smallest absolute Gasteiger partial charge is 0.330 e. The van der Waals surface area contributed by atoms with Crippen molar-refractivity contribution < 1.29 is 14.6 Å². The van der Waals surface area contributed by atoms with Gasteiger partial charge in [0.05, 0.1) is 6.61 Å². The minimum atomic E-state index is -0.307. The van der Waals surface area contributed by atoms with Crippen LogP contribution in [-0.2, 0) is 16.0 Å². The van der Waals surface area contributed by atoms with Gasteiger partial charge in [-0.05, 0) is 30.9 Å². The van der Waals surface area contributed by atoms with Gasteiger partial charge in [-0.1, -0.05) is 122 Å². The molecule has 3 heteroatoms. The van der Waals surface area contributed by atoms with Crippen LogP contribution in [0.4, 0.5) is 0 Å². The number of aryl methyl sites for hydroxylation is 1. The summed E-state index contributed by atoms with van der Waals surface area (Å²) in [6.07, 6.45) is 21.6. The lowest BCUT2D eigenvalue weighted by Crippen LogP contribution is -2.01. The van der Waals surface area contributed by atoms with Crippen molar-refractivity contribution in [1.82, 2.24) is 0 Å². The Hall–Kier alpha value is -1.77. The number of phenols is 1. The largest absolute Gasteiger partial charge is 0.508 e. The standard InChI is InChI=1S/C15H24O.C13H24O2/c1-2-3-4-5-6-7-8-11-14-12-9-10-13-15(14)16;1-3-5-6-7-8-9-10-11-12-15-13(14)4-2/h9-10,12-13,16H,2-8,11H2,1H3;4H,2-3,5-12H2,1H3. The summed E-state index contributed by atoms with van der Waals surface area (Å²) in [5.41, 5.74) is 1.09. The fourth-order valence-corrected chi connectivity index (χ4v) is 3.46. The molecular formula is C28H48O3. The van der Waals surface area contributed by atoms with E-state index in [0.717, 1.165) is 24.8 Å². The van der Waals surface area contributed by atoms with E-state index in [1.54, 1.807) is 6.07 Å². The summed E-state index contributed by atoms with van der Waals surface area (Å²) in [7, 11) is 0. The molecule has 0 aliphatic heterocycles. The van der Waals surface area contributed by atoms with Gasteiger partial charge in [-0.25, -0.2) is 4.79 Å². The second kappa shape index (κ2) is 22.9. The second-order valence-electron chi connectivity index (χ2n) is 8.35. The minimum Gasteiger partial charge on any atom is -0.508 e. The first-order valence-corrected chi connectivity index (χ1v) is 12.7. The van der Waals surface area contributed by atoms with Crippen molar-refractivity contribution in [3.05, 3.63) is 42.5 Å². The Morgan fingerprint density at radius 3 is 1.81 bits per heavy atom. The van der Waals surface area contributed by atoms with Gasteiger partial charge < -0.3 is 9.84 Å². The van der Waals surface area contributed by atoms with E-state index in [2.05, 4.69) is 20.4 Å². The summed E-state index contributed by atoms with van der Waals surface area (Å²) in [4.78, 5) is 10.7. The Kier molecular flexibility index (Phi) is 21.6. The van der Waals surface area contributed by atoms with Crippen molar-refractivity contribution >= 4 is 5.97 Å². The van der Waals surface area contributed by atoms with Crippen LogP contribution >= 0.6 is 0 Å². The molecule has 1 N–H and O–H groups in total. The van der Waals surface area contributed by atoms with Crippen molar-refractivity contribution in [2.24, 2.45) is 0 Å². The first-order valence-electron chi connectivity index (χ1n) is 12.7. The Bertz CT molecular complexity index is 539. The average Bonchev–Trinajstić information content (AvgIpc) is 2.78. The number of hydrogen-bond acceptors (Lipinski definition) is 3. The van der Waals surface area contributed by atoms with Gasteiger partial charge in [0.1, 0.15) is 5.75 Å². The Morgan fingerprint density at radius 1 is 0.806 bits per heavy atom. The van der Waals surface area contributed by atoms with Crippen LogP contribution in [0.15, 0.2) is 36.9 Å². The molecule has 0 saturated heterocycles. The summed E-state index contributed by atoms with van der Waals surface area (Å²) >= 11 is 0. The number of aromatic hydroxyl groups is 1. The normalized spacial score (nSPS) is 10.3. The van der Waals surface area contributed by atoms with Crippen molar-refractivity contribution in [1.29, 1.82) is 0 Å². The highest BCUT2D eigenvalue weighted by Gasteiger charge is 1.99. The van der Waals surface area contributed by atoms with Gasteiger partial charge in [0.25, 0.3) is 0 Å². The molecule has 1 aromatic rings. The fraction of sp³-hybridized carbons (Fsp3) is 0.679. The van der Waals surface area contributed by atoms with Crippen LogP contribution in [0.25, 0.3) is 0 Å². The molecule has 0 heterocycles. The van der Waals surface area contributed by atoms with Crippen LogP contribution in [-0.4, -0.2) is 17.7 Å². The van der Waals surface area contributed by atoms with Gasteiger partial charge in [0, 0.05) is 6.08 Å². The number of carbonyl (C=O) groups excluding carboxylic acids is 1. The van der Waals surface area contributed by atoms with E-state index >= 15 is 0 Å². The van der Waals surface area contributed by atoms with Crippen LogP contribution in [0.1, 0.15) is 116 Å². The maximum Gasteiger partial charge on any atom is 0.330 e. The first kappa shape index (κ1) is 29.2. The lowest BCUT2D eigenvalue weighted by molar-refractivity contribution is -0.137. The maximum absolute atomic E-state index is 10.7. The number of rotatable bonds is 18. The zero-order valence-electron chi connectivity index (χ0n) is 20.4. The van der Waals surface area contributed by atoms with E-state index in [9.17, 15) is 9.90 Å². The molecule has 0 atom stereocenters. The van der Waals surface area contributed by atoms with Crippen LogP contribution < -0.4 is 0 Å². The molecule has 0 radical (unpaired) electrons. The van der Waals surface area contributed by atoms with Crippen LogP contribution in [0.2, 0.25) is 0 Å². The van der Waals surface area contributed by atoms with Crippen molar-refractivity contribution in [3.63, 3.8) is 0 Å². The predicted octanol–water partition coefficient (Wildman–Crippen LogP) is 8.54. The van der Waals surface area contributed by atoms with E-state index < -0.39 is 0 Å². The lowest BCUT2D eigenvalue weighted by atomic mass is 10.0. The SMILES string of the molecule is C=CC(=O)OCCCCCCCCCC.CCCCCCCCCc1ccccc1O. The molecule has 0 spiro atoms. The molecule has 178 valence electrons. The van der Waals surface area contributed by atoms with Crippen molar-refractivity contribution in [2.45, 2.75) is 117 Å². The van der Waals surface area contributed by atoms with Gasteiger partial charge in [0.2, 0.25) is 0 Å². The molecule has 0 aliphatic carbocycles. The van der Waals surface area contributed by atoms with Gasteiger partial charge >= 0.3 is 5.97 Å². The average molecular weight is 433 g/mol. The molecule has 1 rings (SSSR count). The molecule has 31 heavy (non-hydrogen) atoms. The highest BCUT2D eigenvalue weighted by Crippen LogP contribution is 2.18. The van der Waals surface area contributed by atoms with Crippen LogP contribution in [0.5, 0.6) is 5.75 Å². The lowest BCUT2D eigenvalue weighted by Gasteiger charge is -2.04. The molecule has 0 amide bonds. The number of hydrogen-bond donors (Lipinski definition) is 1. The van der Waals surface area contributed by atoms with Gasteiger partial charge in [-0.3, -0.25) is 0 Å². The number of ether oxygens (including phenoxy) is 1. The van der Waals surface area contributed by atoms with Gasteiger partial charge in [-0.2, -0.15) is 0 Å².